The van der Waals surface area contributed by atoms with Gasteiger partial charge in [0.25, 0.3) is 0 Å². The van der Waals surface area contributed by atoms with Crippen LogP contribution in [0.3, 0.4) is 0 Å². The standard InChI is InChI=1S/C16H27F3N4S.HI/c1-4-20-15(22-11-13(2)14-7-5-10-24-14)21-8-6-9-23(3)12-16(17,18)19;/h5,7,10,13H,4,6,8-9,11-12H2,1-3H3,(H2,20,21,22);1H. The Morgan fingerprint density at radius 2 is 2.08 bits per heavy atom. The highest BCUT2D eigenvalue weighted by Crippen LogP contribution is 2.20. The van der Waals surface area contributed by atoms with E-state index in [-0.39, 0.29) is 24.0 Å². The Morgan fingerprint density at radius 3 is 2.64 bits per heavy atom. The van der Waals surface area contributed by atoms with E-state index >= 15 is 0 Å². The largest absolute Gasteiger partial charge is 0.401 e. The van der Waals surface area contributed by atoms with E-state index < -0.39 is 12.7 Å². The molecule has 0 aliphatic rings. The zero-order chi connectivity index (χ0) is 18.0. The third-order valence-electron chi connectivity index (χ3n) is 3.35. The van der Waals surface area contributed by atoms with E-state index in [4.69, 9.17) is 0 Å². The molecule has 0 fully saturated rings. The first kappa shape index (κ1) is 24.5. The first-order chi connectivity index (χ1) is 11.3. The Balaban J connectivity index is 0.00000576. The second-order valence-electron chi connectivity index (χ2n) is 5.77. The molecule has 9 heteroatoms. The number of guanidine groups is 1. The third kappa shape index (κ3) is 11.6. The summed E-state index contributed by atoms with van der Waals surface area (Å²) in [6, 6.07) is 4.13. The molecule has 0 amide bonds. The predicted octanol–water partition coefficient (Wildman–Crippen LogP) is 3.91. The molecule has 1 atom stereocenters. The van der Waals surface area contributed by atoms with Crippen LogP contribution >= 0.6 is 35.3 Å². The summed E-state index contributed by atoms with van der Waals surface area (Å²) in [7, 11) is 1.48. The van der Waals surface area contributed by atoms with Gasteiger partial charge in [0.2, 0.25) is 0 Å². The van der Waals surface area contributed by atoms with Gasteiger partial charge in [-0.25, -0.2) is 0 Å². The van der Waals surface area contributed by atoms with Crippen LogP contribution in [0.5, 0.6) is 0 Å². The summed E-state index contributed by atoms with van der Waals surface area (Å²) in [4.78, 5) is 7.13. The molecular formula is C16H28F3IN4S. The van der Waals surface area contributed by atoms with Gasteiger partial charge in [0, 0.05) is 23.9 Å². The SMILES string of the molecule is CCNC(=NCC(C)c1cccs1)NCCCN(C)CC(F)(F)F.I. The molecular weight excluding hydrogens is 464 g/mol. The van der Waals surface area contributed by atoms with Crippen LogP contribution in [0.15, 0.2) is 22.5 Å². The molecule has 1 rings (SSSR count). The smallest absolute Gasteiger partial charge is 0.357 e. The van der Waals surface area contributed by atoms with Gasteiger partial charge in [-0.3, -0.25) is 9.89 Å². The van der Waals surface area contributed by atoms with Crippen LogP contribution in [0, 0.1) is 0 Å². The van der Waals surface area contributed by atoms with Gasteiger partial charge in [0.05, 0.1) is 13.1 Å². The Morgan fingerprint density at radius 1 is 1.36 bits per heavy atom. The van der Waals surface area contributed by atoms with Crippen molar-refractivity contribution in [2.75, 3.05) is 39.8 Å². The Bertz CT molecular complexity index is 480. The molecule has 0 radical (unpaired) electrons. The van der Waals surface area contributed by atoms with E-state index in [0.29, 0.717) is 37.9 Å². The fourth-order valence-corrected chi connectivity index (χ4v) is 2.95. The maximum atomic E-state index is 12.3. The van der Waals surface area contributed by atoms with E-state index in [9.17, 15) is 13.2 Å². The second-order valence-corrected chi connectivity index (χ2v) is 6.75. The molecule has 4 nitrogen and oxygen atoms in total. The maximum Gasteiger partial charge on any atom is 0.401 e. The fourth-order valence-electron chi connectivity index (χ4n) is 2.17. The lowest BCUT2D eigenvalue weighted by Gasteiger charge is -2.19. The Kier molecular flexibility index (Phi) is 12.5. The molecule has 2 N–H and O–H groups in total. The lowest BCUT2D eigenvalue weighted by atomic mass is 10.1. The van der Waals surface area contributed by atoms with Gasteiger partial charge in [-0.2, -0.15) is 13.2 Å². The number of nitrogens with zero attached hydrogens (tertiary/aromatic N) is 2. The van der Waals surface area contributed by atoms with Crippen LogP contribution in [0.4, 0.5) is 13.2 Å². The average Bonchev–Trinajstić information content (AvgIpc) is 3.01. The molecule has 1 unspecified atom stereocenters. The molecule has 146 valence electrons. The molecule has 1 aromatic rings. The van der Waals surface area contributed by atoms with Gasteiger partial charge in [0.15, 0.2) is 5.96 Å². The zero-order valence-electron chi connectivity index (χ0n) is 14.9. The summed E-state index contributed by atoms with van der Waals surface area (Å²) in [5.41, 5.74) is 0. The molecule has 0 aliphatic heterocycles. The van der Waals surface area contributed by atoms with Crippen molar-refractivity contribution in [3.63, 3.8) is 0 Å². The van der Waals surface area contributed by atoms with Crippen LogP contribution in [-0.4, -0.2) is 56.8 Å². The lowest BCUT2D eigenvalue weighted by molar-refractivity contribution is -0.143. The molecule has 1 heterocycles. The van der Waals surface area contributed by atoms with E-state index in [1.165, 1.54) is 16.8 Å². The van der Waals surface area contributed by atoms with Crippen molar-refractivity contribution in [2.24, 2.45) is 4.99 Å². The van der Waals surface area contributed by atoms with Crippen LogP contribution in [0.25, 0.3) is 0 Å². The van der Waals surface area contributed by atoms with E-state index in [1.54, 1.807) is 11.3 Å². The van der Waals surface area contributed by atoms with E-state index in [1.807, 2.05) is 13.0 Å². The monoisotopic (exact) mass is 492 g/mol. The summed E-state index contributed by atoms with van der Waals surface area (Å²) in [5.74, 6) is 1.05. The topological polar surface area (TPSA) is 39.7 Å². The van der Waals surface area contributed by atoms with Crippen molar-refractivity contribution in [1.29, 1.82) is 0 Å². The summed E-state index contributed by atoms with van der Waals surface area (Å²) in [5, 5.41) is 8.38. The van der Waals surface area contributed by atoms with Crippen molar-refractivity contribution >= 4 is 41.3 Å². The van der Waals surface area contributed by atoms with Crippen molar-refractivity contribution < 1.29 is 13.2 Å². The van der Waals surface area contributed by atoms with Crippen LogP contribution in [0.2, 0.25) is 0 Å². The zero-order valence-corrected chi connectivity index (χ0v) is 18.0. The summed E-state index contributed by atoms with van der Waals surface area (Å²) in [6.07, 6.45) is -3.52. The van der Waals surface area contributed by atoms with Crippen molar-refractivity contribution in [2.45, 2.75) is 32.4 Å². The van der Waals surface area contributed by atoms with E-state index in [0.717, 1.165) is 6.54 Å². The highest BCUT2D eigenvalue weighted by Gasteiger charge is 2.28. The fraction of sp³-hybridized carbons (Fsp3) is 0.688. The number of alkyl halides is 3. The lowest BCUT2D eigenvalue weighted by Crippen LogP contribution is -2.39. The van der Waals surface area contributed by atoms with Crippen LogP contribution < -0.4 is 10.6 Å². The summed E-state index contributed by atoms with van der Waals surface area (Å²) in [6.45, 7) is 5.62. The quantitative estimate of drug-likeness (QED) is 0.238. The molecule has 0 bridgehead atoms. The van der Waals surface area contributed by atoms with Gasteiger partial charge < -0.3 is 10.6 Å². The van der Waals surface area contributed by atoms with Crippen LogP contribution in [-0.2, 0) is 0 Å². The van der Waals surface area contributed by atoms with Crippen LogP contribution in [0.1, 0.15) is 31.1 Å². The van der Waals surface area contributed by atoms with Crippen molar-refractivity contribution in [1.82, 2.24) is 15.5 Å². The summed E-state index contributed by atoms with van der Waals surface area (Å²) < 4.78 is 36.8. The minimum atomic E-state index is -4.14. The van der Waals surface area contributed by atoms with Gasteiger partial charge in [0.1, 0.15) is 0 Å². The number of rotatable bonds is 9. The number of hydrogen-bond donors (Lipinski definition) is 2. The molecule has 0 aliphatic carbocycles. The highest BCUT2D eigenvalue weighted by molar-refractivity contribution is 14.0. The molecule has 25 heavy (non-hydrogen) atoms. The Hall–Kier alpha value is -0.550. The Labute approximate surface area is 169 Å². The normalized spacial score (nSPS) is 13.5. The first-order valence-electron chi connectivity index (χ1n) is 8.12. The third-order valence-corrected chi connectivity index (χ3v) is 4.46. The first-order valence-corrected chi connectivity index (χ1v) is 9.00. The minimum absolute atomic E-state index is 0. The molecule has 0 saturated carbocycles. The number of thiophene rings is 1. The number of aliphatic imine (C=N–C) groups is 1. The van der Waals surface area contributed by atoms with Gasteiger partial charge in [-0.1, -0.05) is 13.0 Å². The maximum absolute atomic E-state index is 12.3. The number of hydrogen-bond acceptors (Lipinski definition) is 3. The average molecular weight is 492 g/mol. The van der Waals surface area contributed by atoms with Gasteiger partial charge in [-0.05, 0) is 38.4 Å². The molecule has 0 saturated heterocycles. The minimum Gasteiger partial charge on any atom is -0.357 e. The predicted molar refractivity (Wildman–Crippen MR) is 110 cm³/mol. The second kappa shape index (κ2) is 12.7. The van der Waals surface area contributed by atoms with Crippen molar-refractivity contribution in [3.8, 4) is 0 Å². The molecule has 1 aromatic heterocycles. The van der Waals surface area contributed by atoms with Gasteiger partial charge >= 0.3 is 6.18 Å². The number of nitrogens with one attached hydrogen (secondary N) is 2. The van der Waals surface area contributed by atoms with E-state index in [2.05, 4.69) is 34.0 Å². The van der Waals surface area contributed by atoms with Crippen molar-refractivity contribution in [3.05, 3.63) is 22.4 Å². The molecule has 0 aromatic carbocycles. The number of halogens is 4. The highest BCUT2D eigenvalue weighted by atomic mass is 127. The van der Waals surface area contributed by atoms with Gasteiger partial charge in [-0.15, -0.1) is 35.3 Å². The summed E-state index contributed by atoms with van der Waals surface area (Å²) >= 11 is 1.72. The molecule has 0 spiro atoms.